The van der Waals surface area contributed by atoms with Crippen molar-refractivity contribution >= 4 is 39.5 Å². The number of anilines is 2. The summed E-state index contributed by atoms with van der Waals surface area (Å²) < 4.78 is 0. The number of carbonyl (C=O) groups excluding carboxylic acids is 1. The van der Waals surface area contributed by atoms with Crippen LogP contribution in [-0.4, -0.2) is 30.0 Å². The molecule has 102 valence electrons. The maximum atomic E-state index is 12.0. The van der Waals surface area contributed by atoms with Crippen LogP contribution in [-0.2, 0) is 6.54 Å². The minimum atomic E-state index is -0.212. The molecule has 0 aromatic carbocycles. The highest BCUT2D eigenvalue weighted by Gasteiger charge is 2.17. The summed E-state index contributed by atoms with van der Waals surface area (Å²) in [4.78, 5) is 23.7. The quantitative estimate of drug-likeness (QED) is 0.893. The van der Waals surface area contributed by atoms with E-state index in [1.54, 1.807) is 17.5 Å². The van der Waals surface area contributed by atoms with Crippen molar-refractivity contribution in [3.8, 4) is 0 Å². The van der Waals surface area contributed by atoms with Crippen LogP contribution < -0.4 is 16.0 Å². The van der Waals surface area contributed by atoms with Gasteiger partial charge in [-0.3, -0.25) is 4.79 Å². The summed E-state index contributed by atoms with van der Waals surface area (Å²) in [5, 5.41) is 4.39. The van der Waals surface area contributed by atoms with Gasteiger partial charge in [0.2, 0.25) is 0 Å². The molecule has 0 saturated carbocycles. The van der Waals surface area contributed by atoms with E-state index in [1.165, 1.54) is 11.3 Å². The first-order valence-electron chi connectivity index (χ1n) is 5.60. The van der Waals surface area contributed by atoms with E-state index < -0.39 is 0 Å². The fraction of sp³-hybridized carbons (Fsp3) is 0.364. The number of nitrogens with zero attached hydrogens (tertiary/aromatic N) is 3. The first kappa shape index (κ1) is 13.8. The Balaban J connectivity index is 2.03. The summed E-state index contributed by atoms with van der Waals surface area (Å²) in [5.41, 5.74) is 5.75. The van der Waals surface area contributed by atoms with Crippen LogP contribution >= 0.6 is 22.7 Å². The van der Waals surface area contributed by atoms with Gasteiger partial charge in [-0.15, -0.1) is 11.3 Å². The fourth-order valence-electron chi connectivity index (χ4n) is 1.39. The van der Waals surface area contributed by atoms with Crippen molar-refractivity contribution in [2.24, 2.45) is 0 Å². The summed E-state index contributed by atoms with van der Waals surface area (Å²) in [5.74, 6) is 0.0532. The van der Waals surface area contributed by atoms with Crippen molar-refractivity contribution in [2.45, 2.75) is 13.5 Å². The van der Waals surface area contributed by atoms with Gasteiger partial charge < -0.3 is 16.0 Å². The molecule has 3 N–H and O–H groups in total. The molecule has 0 aliphatic heterocycles. The molecule has 0 saturated heterocycles. The second-order valence-electron chi connectivity index (χ2n) is 4.15. The van der Waals surface area contributed by atoms with Gasteiger partial charge in [-0.05, 0) is 6.92 Å². The molecule has 1 amide bonds. The summed E-state index contributed by atoms with van der Waals surface area (Å²) in [6, 6.07) is 0. The monoisotopic (exact) mass is 297 g/mol. The van der Waals surface area contributed by atoms with Crippen molar-refractivity contribution in [1.82, 2.24) is 15.3 Å². The molecule has 0 spiro atoms. The highest BCUT2D eigenvalue weighted by Crippen LogP contribution is 2.26. The molecule has 0 fully saturated rings. The Morgan fingerprint density at radius 2 is 2.21 bits per heavy atom. The van der Waals surface area contributed by atoms with Crippen LogP contribution in [0.5, 0.6) is 0 Å². The van der Waals surface area contributed by atoms with Crippen LogP contribution in [0.2, 0.25) is 0 Å². The number of thiazole rings is 2. The third kappa shape index (κ3) is 3.21. The Morgan fingerprint density at radius 1 is 1.47 bits per heavy atom. The molecule has 0 bridgehead atoms. The van der Waals surface area contributed by atoms with E-state index in [2.05, 4.69) is 15.3 Å². The molecule has 0 unspecified atom stereocenters. The number of aromatic nitrogens is 2. The van der Waals surface area contributed by atoms with E-state index in [-0.39, 0.29) is 11.7 Å². The van der Waals surface area contributed by atoms with E-state index in [0.717, 1.165) is 9.88 Å². The first-order chi connectivity index (χ1) is 8.97. The lowest BCUT2D eigenvalue weighted by Gasteiger charge is -2.05. The van der Waals surface area contributed by atoms with E-state index in [1.807, 2.05) is 25.9 Å². The van der Waals surface area contributed by atoms with Crippen LogP contribution in [0.15, 0.2) is 6.20 Å². The Hall–Kier alpha value is -1.67. The number of nitrogen functional groups attached to an aromatic ring is 1. The SMILES string of the molecule is Cc1cnc(CNC(=O)c2sc(N(C)C)nc2N)s1. The van der Waals surface area contributed by atoms with Gasteiger partial charge in [-0.2, -0.15) is 0 Å². The standard InChI is InChI=1S/C11H15N5OS2/c1-6-4-13-7(18-6)5-14-10(17)8-9(12)15-11(19-8)16(2)3/h4H,5,12H2,1-3H3,(H,14,17). The van der Waals surface area contributed by atoms with Gasteiger partial charge >= 0.3 is 0 Å². The zero-order valence-corrected chi connectivity index (χ0v) is 12.6. The summed E-state index contributed by atoms with van der Waals surface area (Å²) in [7, 11) is 3.72. The van der Waals surface area contributed by atoms with Crippen LogP contribution in [0.25, 0.3) is 0 Å². The van der Waals surface area contributed by atoms with Crippen molar-refractivity contribution < 1.29 is 4.79 Å². The molecule has 6 nitrogen and oxygen atoms in total. The molecule has 2 heterocycles. The average Bonchev–Trinajstić information content (AvgIpc) is 2.92. The topological polar surface area (TPSA) is 84.1 Å². The van der Waals surface area contributed by atoms with Crippen LogP contribution in [0.1, 0.15) is 19.6 Å². The molecule has 0 radical (unpaired) electrons. The highest BCUT2D eigenvalue weighted by atomic mass is 32.1. The normalized spacial score (nSPS) is 10.5. The molecular weight excluding hydrogens is 282 g/mol. The van der Waals surface area contributed by atoms with Gasteiger partial charge in [-0.25, -0.2) is 9.97 Å². The Bertz CT molecular complexity index is 590. The van der Waals surface area contributed by atoms with E-state index in [4.69, 9.17) is 5.73 Å². The molecule has 0 atom stereocenters. The molecule has 8 heteroatoms. The Labute approximate surface area is 119 Å². The number of hydrogen-bond acceptors (Lipinski definition) is 7. The predicted molar refractivity (Wildman–Crippen MR) is 78.9 cm³/mol. The first-order valence-corrected chi connectivity index (χ1v) is 7.24. The molecule has 2 rings (SSSR count). The molecular formula is C11H15N5OS2. The zero-order valence-electron chi connectivity index (χ0n) is 10.9. The zero-order chi connectivity index (χ0) is 14.0. The number of rotatable bonds is 4. The van der Waals surface area contributed by atoms with Gasteiger partial charge in [-0.1, -0.05) is 11.3 Å². The third-order valence-electron chi connectivity index (χ3n) is 2.30. The Kier molecular flexibility index (Phi) is 4.01. The molecule has 0 aliphatic rings. The molecule has 19 heavy (non-hydrogen) atoms. The van der Waals surface area contributed by atoms with Gasteiger partial charge in [0, 0.05) is 25.2 Å². The number of aryl methyl sites for hydroxylation is 1. The maximum absolute atomic E-state index is 12.0. The van der Waals surface area contributed by atoms with E-state index in [0.29, 0.717) is 16.6 Å². The highest BCUT2D eigenvalue weighted by molar-refractivity contribution is 7.18. The minimum absolute atomic E-state index is 0.212. The summed E-state index contributed by atoms with van der Waals surface area (Å²) in [6.07, 6.45) is 1.79. The molecule has 2 aromatic heterocycles. The second kappa shape index (κ2) is 5.54. The van der Waals surface area contributed by atoms with Crippen molar-refractivity contribution in [3.63, 3.8) is 0 Å². The number of nitrogens with two attached hydrogens (primary N) is 1. The number of carbonyl (C=O) groups is 1. The fourth-order valence-corrected chi connectivity index (χ4v) is 2.94. The van der Waals surface area contributed by atoms with Crippen LogP contribution in [0.4, 0.5) is 10.9 Å². The average molecular weight is 297 g/mol. The summed E-state index contributed by atoms with van der Waals surface area (Å²) >= 11 is 2.84. The van der Waals surface area contributed by atoms with Crippen LogP contribution in [0.3, 0.4) is 0 Å². The van der Waals surface area contributed by atoms with E-state index >= 15 is 0 Å². The largest absolute Gasteiger partial charge is 0.382 e. The van der Waals surface area contributed by atoms with E-state index in [9.17, 15) is 4.79 Å². The minimum Gasteiger partial charge on any atom is -0.382 e. The Morgan fingerprint density at radius 3 is 2.74 bits per heavy atom. The lowest BCUT2D eigenvalue weighted by Crippen LogP contribution is -2.22. The number of nitrogens with one attached hydrogen (secondary N) is 1. The number of amides is 1. The smallest absolute Gasteiger partial charge is 0.265 e. The van der Waals surface area contributed by atoms with Gasteiger partial charge in [0.25, 0.3) is 5.91 Å². The third-order valence-corrected chi connectivity index (χ3v) is 4.45. The maximum Gasteiger partial charge on any atom is 0.265 e. The van der Waals surface area contributed by atoms with Crippen molar-refractivity contribution in [1.29, 1.82) is 0 Å². The van der Waals surface area contributed by atoms with Gasteiger partial charge in [0.15, 0.2) is 5.13 Å². The molecule has 2 aromatic rings. The molecule has 0 aliphatic carbocycles. The lowest BCUT2D eigenvalue weighted by molar-refractivity contribution is 0.0955. The van der Waals surface area contributed by atoms with Gasteiger partial charge in [0.05, 0.1) is 6.54 Å². The van der Waals surface area contributed by atoms with Crippen molar-refractivity contribution in [2.75, 3.05) is 24.7 Å². The van der Waals surface area contributed by atoms with Crippen molar-refractivity contribution in [3.05, 3.63) is 21.0 Å². The lowest BCUT2D eigenvalue weighted by atomic mass is 10.4. The second-order valence-corrected chi connectivity index (χ2v) is 6.45. The predicted octanol–water partition coefficient (Wildman–Crippen LogP) is 1.49. The summed E-state index contributed by atoms with van der Waals surface area (Å²) in [6.45, 7) is 2.39. The number of hydrogen-bond donors (Lipinski definition) is 2. The van der Waals surface area contributed by atoms with Gasteiger partial charge in [0.1, 0.15) is 15.7 Å². The van der Waals surface area contributed by atoms with Crippen LogP contribution in [0, 0.1) is 6.92 Å².